The summed E-state index contributed by atoms with van der Waals surface area (Å²) in [5.41, 5.74) is 1.09. The first-order valence-corrected chi connectivity index (χ1v) is 10.9. The maximum Gasteiger partial charge on any atom is 0.490 e. The Balaban J connectivity index is 0.000000406. The zero-order valence-corrected chi connectivity index (χ0v) is 18.9. The van der Waals surface area contributed by atoms with Crippen LogP contribution in [-0.2, 0) is 4.79 Å². The van der Waals surface area contributed by atoms with E-state index in [1.165, 1.54) is 16.8 Å². The maximum atomic E-state index is 12.9. The number of hydrogen-bond donors (Lipinski definition) is 2. The van der Waals surface area contributed by atoms with E-state index < -0.39 is 12.1 Å². The van der Waals surface area contributed by atoms with Gasteiger partial charge in [0.1, 0.15) is 5.69 Å². The van der Waals surface area contributed by atoms with Gasteiger partial charge in [0.2, 0.25) is 0 Å². The van der Waals surface area contributed by atoms with Gasteiger partial charge in [0.15, 0.2) is 0 Å². The molecule has 0 radical (unpaired) electrons. The lowest BCUT2D eigenvalue weighted by Gasteiger charge is -2.51. The van der Waals surface area contributed by atoms with Crippen molar-refractivity contribution >= 4 is 11.9 Å². The molecule has 3 heterocycles. The molecule has 2 aliphatic heterocycles. The monoisotopic (exact) mass is 480 g/mol. The Kier molecular flexibility index (Phi) is 7.44. The van der Waals surface area contributed by atoms with Crippen molar-refractivity contribution in [2.24, 2.45) is 11.3 Å². The molecule has 184 valence electrons. The number of benzene rings is 1. The quantitative estimate of drug-likeness (QED) is 0.700. The minimum atomic E-state index is -5.08. The van der Waals surface area contributed by atoms with Gasteiger partial charge in [-0.2, -0.15) is 23.0 Å². The fourth-order valence-electron chi connectivity index (χ4n) is 4.31. The number of rotatable bonds is 3. The minimum Gasteiger partial charge on any atom is -0.475 e. The molecule has 1 atom stereocenters. The highest BCUT2D eigenvalue weighted by Crippen LogP contribution is 2.37. The van der Waals surface area contributed by atoms with Crippen molar-refractivity contribution in [3.05, 3.63) is 58.5 Å². The number of piperidine rings is 1. The van der Waals surface area contributed by atoms with Crippen molar-refractivity contribution < 1.29 is 27.9 Å². The Morgan fingerprint density at radius 1 is 1.09 bits per heavy atom. The van der Waals surface area contributed by atoms with Crippen molar-refractivity contribution in [1.82, 2.24) is 20.0 Å². The summed E-state index contributed by atoms with van der Waals surface area (Å²) < 4.78 is 33.0. The number of likely N-dealkylation sites (tertiary alicyclic amines) is 1. The average molecular weight is 480 g/mol. The summed E-state index contributed by atoms with van der Waals surface area (Å²) in [6, 6.07) is 12.7. The largest absolute Gasteiger partial charge is 0.490 e. The number of halogens is 3. The third-order valence-corrected chi connectivity index (χ3v) is 6.18. The van der Waals surface area contributed by atoms with Crippen LogP contribution >= 0.6 is 0 Å². The van der Waals surface area contributed by atoms with Crippen LogP contribution in [0.1, 0.15) is 37.2 Å². The van der Waals surface area contributed by atoms with Gasteiger partial charge in [-0.1, -0.05) is 32.0 Å². The summed E-state index contributed by atoms with van der Waals surface area (Å²) in [5, 5.41) is 15.0. The van der Waals surface area contributed by atoms with Crippen molar-refractivity contribution in [2.45, 2.75) is 38.9 Å². The molecule has 0 spiro atoms. The smallest absolute Gasteiger partial charge is 0.475 e. The van der Waals surface area contributed by atoms with Gasteiger partial charge in [-0.3, -0.25) is 9.59 Å². The zero-order valence-electron chi connectivity index (χ0n) is 18.9. The van der Waals surface area contributed by atoms with Gasteiger partial charge < -0.3 is 15.3 Å². The number of nitrogens with one attached hydrogen (secondary N) is 1. The second-order valence-electron chi connectivity index (χ2n) is 9.08. The van der Waals surface area contributed by atoms with Crippen LogP contribution in [0.15, 0.2) is 47.3 Å². The predicted octanol–water partition coefficient (Wildman–Crippen LogP) is 2.72. The number of para-hydroxylation sites is 1. The van der Waals surface area contributed by atoms with Gasteiger partial charge in [-0.15, -0.1) is 0 Å². The molecule has 4 rings (SSSR count). The summed E-state index contributed by atoms with van der Waals surface area (Å²) in [7, 11) is 0. The number of alkyl halides is 3. The molecule has 2 N–H and O–H groups in total. The van der Waals surface area contributed by atoms with Gasteiger partial charge in [0.25, 0.3) is 11.5 Å². The fourth-order valence-corrected chi connectivity index (χ4v) is 4.31. The third kappa shape index (κ3) is 5.82. The molecule has 0 aliphatic carbocycles. The normalized spacial score (nSPS) is 20.0. The Morgan fingerprint density at radius 2 is 1.68 bits per heavy atom. The molecule has 1 aromatic heterocycles. The number of aliphatic carboxylic acids is 1. The first-order chi connectivity index (χ1) is 15.9. The van der Waals surface area contributed by atoms with Gasteiger partial charge in [-0.05, 0) is 42.4 Å². The number of aromatic nitrogens is 2. The lowest BCUT2D eigenvalue weighted by atomic mass is 9.68. The number of carbonyl (C=O) groups is 2. The number of nitrogens with zero attached hydrogens (tertiary/aromatic N) is 3. The summed E-state index contributed by atoms with van der Waals surface area (Å²) >= 11 is 0. The SMILES string of the molecule is CC1(C)CNC1C1CCN(C(=O)c2ccc(=O)n(-c3ccccc3)n2)CC1.O=C(O)C(F)(F)F. The standard InChI is InChI=1S/C21H26N4O2.C2HF3O2/c1-21(2)14-22-19(21)15-10-12-24(13-11-15)20(27)17-8-9-18(26)25(23-17)16-6-4-3-5-7-16;3-2(4,5)1(6)7/h3-9,15,19,22H,10-14H2,1-2H3;(H,6,7). The minimum absolute atomic E-state index is 0.0982. The van der Waals surface area contributed by atoms with Crippen molar-refractivity contribution in [2.75, 3.05) is 19.6 Å². The second-order valence-corrected chi connectivity index (χ2v) is 9.08. The Bertz CT molecular complexity index is 1080. The molecule has 34 heavy (non-hydrogen) atoms. The molecule has 1 aromatic carbocycles. The lowest BCUT2D eigenvalue weighted by molar-refractivity contribution is -0.192. The summed E-state index contributed by atoms with van der Waals surface area (Å²) in [6.07, 6.45) is -3.07. The maximum absolute atomic E-state index is 12.9. The topological polar surface area (TPSA) is 105 Å². The molecule has 11 heteroatoms. The van der Waals surface area contributed by atoms with E-state index in [2.05, 4.69) is 24.3 Å². The molecule has 0 bridgehead atoms. The Hall–Kier alpha value is -3.21. The van der Waals surface area contributed by atoms with E-state index in [1.807, 2.05) is 35.2 Å². The van der Waals surface area contributed by atoms with Crippen LogP contribution in [0, 0.1) is 11.3 Å². The zero-order chi connectivity index (χ0) is 25.1. The summed E-state index contributed by atoms with van der Waals surface area (Å²) in [5.74, 6) is -2.24. The van der Waals surface area contributed by atoms with E-state index in [1.54, 1.807) is 0 Å². The molecule has 1 amide bonds. The second kappa shape index (κ2) is 9.96. The molecule has 2 aromatic rings. The number of carboxylic acids is 1. The molecular formula is C23H27F3N4O4. The van der Waals surface area contributed by atoms with E-state index in [-0.39, 0.29) is 11.5 Å². The number of hydrogen-bond acceptors (Lipinski definition) is 5. The number of amides is 1. The molecule has 8 nitrogen and oxygen atoms in total. The van der Waals surface area contributed by atoms with E-state index in [0.29, 0.717) is 28.8 Å². The van der Waals surface area contributed by atoms with E-state index in [4.69, 9.17) is 9.90 Å². The van der Waals surface area contributed by atoms with Gasteiger partial charge >= 0.3 is 12.1 Å². The van der Waals surface area contributed by atoms with Crippen molar-refractivity contribution in [3.63, 3.8) is 0 Å². The average Bonchev–Trinajstić information content (AvgIpc) is 2.79. The fraction of sp³-hybridized carbons (Fsp3) is 0.478. The van der Waals surface area contributed by atoms with Crippen LogP contribution in [0.25, 0.3) is 5.69 Å². The Morgan fingerprint density at radius 3 is 2.15 bits per heavy atom. The van der Waals surface area contributed by atoms with Crippen LogP contribution in [0.2, 0.25) is 0 Å². The molecule has 2 aliphatic rings. The van der Waals surface area contributed by atoms with E-state index >= 15 is 0 Å². The van der Waals surface area contributed by atoms with Crippen LogP contribution in [0.5, 0.6) is 0 Å². The van der Waals surface area contributed by atoms with Crippen LogP contribution in [0.3, 0.4) is 0 Å². The molecule has 2 fully saturated rings. The van der Waals surface area contributed by atoms with Gasteiger partial charge in [0.05, 0.1) is 5.69 Å². The molecule has 0 saturated carbocycles. The predicted molar refractivity (Wildman–Crippen MR) is 118 cm³/mol. The number of carboxylic acid groups (broad SMARTS) is 1. The summed E-state index contributed by atoms with van der Waals surface area (Å²) in [6.45, 7) is 7.17. The first kappa shape index (κ1) is 25.4. The highest BCUT2D eigenvalue weighted by molar-refractivity contribution is 5.92. The van der Waals surface area contributed by atoms with Crippen molar-refractivity contribution in [3.8, 4) is 5.69 Å². The first-order valence-electron chi connectivity index (χ1n) is 10.9. The van der Waals surface area contributed by atoms with E-state index in [9.17, 15) is 22.8 Å². The summed E-state index contributed by atoms with van der Waals surface area (Å²) in [4.78, 5) is 35.8. The highest BCUT2D eigenvalue weighted by Gasteiger charge is 2.44. The number of carbonyl (C=O) groups excluding carboxylic acids is 1. The van der Waals surface area contributed by atoms with Crippen LogP contribution in [0.4, 0.5) is 13.2 Å². The highest BCUT2D eigenvalue weighted by atomic mass is 19.4. The Labute approximate surface area is 194 Å². The van der Waals surface area contributed by atoms with Crippen LogP contribution in [-0.4, -0.2) is 63.5 Å². The third-order valence-electron chi connectivity index (χ3n) is 6.18. The molecule has 1 unspecified atom stereocenters. The van der Waals surface area contributed by atoms with Crippen molar-refractivity contribution in [1.29, 1.82) is 0 Å². The van der Waals surface area contributed by atoms with E-state index in [0.717, 1.165) is 32.5 Å². The molecular weight excluding hydrogens is 453 g/mol. The lowest BCUT2D eigenvalue weighted by Crippen LogP contribution is -2.63. The molecule has 2 saturated heterocycles. The van der Waals surface area contributed by atoms with Gasteiger partial charge in [0, 0.05) is 31.7 Å². The van der Waals surface area contributed by atoms with Gasteiger partial charge in [-0.25, -0.2) is 4.79 Å². The van der Waals surface area contributed by atoms with Crippen LogP contribution < -0.4 is 10.9 Å².